The lowest BCUT2D eigenvalue weighted by Crippen LogP contribution is -2.32. The first kappa shape index (κ1) is 16.1. The van der Waals surface area contributed by atoms with E-state index in [0.717, 1.165) is 48.5 Å². The Bertz CT molecular complexity index is 800. The van der Waals surface area contributed by atoms with Gasteiger partial charge in [-0.05, 0) is 51.0 Å². The smallest absolute Gasteiger partial charge is 0.237 e. The van der Waals surface area contributed by atoms with Crippen LogP contribution in [0, 0.1) is 5.92 Å². The van der Waals surface area contributed by atoms with Crippen LogP contribution in [0.25, 0.3) is 5.57 Å². The normalized spacial score (nSPS) is 21.4. The molecular formula is C20H24N4O. The third-order valence-electron chi connectivity index (χ3n) is 5.37. The van der Waals surface area contributed by atoms with Gasteiger partial charge in [0.2, 0.25) is 5.91 Å². The maximum atomic E-state index is 12.8. The second kappa shape index (κ2) is 6.48. The van der Waals surface area contributed by atoms with E-state index in [1.54, 1.807) is 6.20 Å². The summed E-state index contributed by atoms with van der Waals surface area (Å²) in [5.74, 6) is 0.751. The topological polar surface area (TPSA) is 50.2 Å². The van der Waals surface area contributed by atoms with Gasteiger partial charge in [0.25, 0.3) is 0 Å². The fraction of sp³-hybridized carbons (Fsp3) is 0.400. The zero-order valence-electron chi connectivity index (χ0n) is 14.8. The van der Waals surface area contributed by atoms with Crippen molar-refractivity contribution < 1.29 is 4.79 Å². The van der Waals surface area contributed by atoms with Crippen molar-refractivity contribution >= 4 is 17.3 Å². The third kappa shape index (κ3) is 3.12. The van der Waals surface area contributed by atoms with E-state index in [2.05, 4.69) is 34.5 Å². The molecule has 5 nitrogen and oxygen atoms in total. The number of aromatic nitrogens is 2. The van der Waals surface area contributed by atoms with Crippen LogP contribution in [0.4, 0.5) is 5.82 Å². The number of nitrogens with one attached hydrogen (secondary N) is 1. The first-order chi connectivity index (χ1) is 12.1. The Morgan fingerprint density at radius 2 is 1.88 bits per heavy atom. The van der Waals surface area contributed by atoms with Crippen LogP contribution in [0.1, 0.15) is 31.4 Å². The van der Waals surface area contributed by atoms with Gasteiger partial charge in [-0.2, -0.15) is 5.10 Å². The van der Waals surface area contributed by atoms with Crippen molar-refractivity contribution in [2.75, 3.05) is 25.5 Å². The highest BCUT2D eigenvalue weighted by Crippen LogP contribution is 2.47. The fourth-order valence-corrected chi connectivity index (χ4v) is 3.81. The van der Waals surface area contributed by atoms with Crippen LogP contribution in [0.2, 0.25) is 0 Å². The van der Waals surface area contributed by atoms with Crippen molar-refractivity contribution in [1.29, 1.82) is 0 Å². The van der Waals surface area contributed by atoms with Crippen LogP contribution < -0.4 is 5.32 Å². The lowest BCUT2D eigenvalue weighted by molar-refractivity contribution is -0.116. The average Bonchev–Trinajstić information content (AvgIpc) is 3.09. The van der Waals surface area contributed by atoms with Crippen LogP contribution in [0.15, 0.2) is 48.2 Å². The Hall–Kier alpha value is -2.40. The molecule has 1 unspecified atom stereocenters. The minimum Gasteiger partial charge on any atom is -0.310 e. The zero-order valence-corrected chi connectivity index (χ0v) is 14.8. The predicted molar refractivity (Wildman–Crippen MR) is 99.2 cm³/mol. The van der Waals surface area contributed by atoms with E-state index in [-0.39, 0.29) is 11.8 Å². The molecule has 0 bridgehead atoms. The quantitative estimate of drug-likeness (QED) is 0.933. The van der Waals surface area contributed by atoms with Gasteiger partial charge in [-0.3, -0.25) is 4.79 Å². The number of anilines is 1. The minimum atomic E-state index is -0.108. The van der Waals surface area contributed by atoms with E-state index in [1.807, 2.05) is 35.9 Å². The van der Waals surface area contributed by atoms with Gasteiger partial charge >= 0.3 is 0 Å². The molecule has 0 radical (unpaired) electrons. The summed E-state index contributed by atoms with van der Waals surface area (Å²) in [5, 5.41) is 7.56. The summed E-state index contributed by atoms with van der Waals surface area (Å²) < 4.78 is 1.99. The van der Waals surface area contributed by atoms with Crippen LogP contribution >= 0.6 is 0 Å². The number of rotatable bonds is 4. The van der Waals surface area contributed by atoms with Crippen molar-refractivity contribution in [3.05, 3.63) is 53.7 Å². The molecular weight excluding hydrogens is 312 g/mol. The van der Waals surface area contributed by atoms with Crippen molar-refractivity contribution in [1.82, 2.24) is 14.7 Å². The molecule has 1 amide bonds. The summed E-state index contributed by atoms with van der Waals surface area (Å²) in [7, 11) is 2.15. The molecule has 5 heteroatoms. The Balaban J connectivity index is 1.44. The number of carbonyl (C=O) groups excluding carboxylic acids is 1. The standard InChI is InChI=1S/C20H24N4O/c1-14-18(15-6-4-3-5-7-15)19(14)20(25)22-17-8-11-21-24(17)16-9-12-23(2)13-10-16/h3-8,11,16,19H,9-10,12-13H2,1-2H3,(H,22,25). The largest absolute Gasteiger partial charge is 0.310 e. The number of hydrogen-bond acceptors (Lipinski definition) is 3. The molecule has 1 atom stereocenters. The van der Waals surface area contributed by atoms with Gasteiger partial charge in [-0.25, -0.2) is 4.68 Å². The van der Waals surface area contributed by atoms with Gasteiger partial charge in [0, 0.05) is 6.07 Å². The first-order valence-electron chi connectivity index (χ1n) is 8.94. The van der Waals surface area contributed by atoms with Gasteiger partial charge in [-0.1, -0.05) is 35.9 Å². The molecule has 1 fully saturated rings. The summed E-state index contributed by atoms with van der Waals surface area (Å²) in [6.07, 6.45) is 3.91. The average molecular weight is 336 g/mol. The zero-order chi connectivity index (χ0) is 17.4. The molecule has 0 spiro atoms. The van der Waals surface area contributed by atoms with Crippen molar-refractivity contribution in [2.24, 2.45) is 5.92 Å². The fourth-order valence-electron chi connectivity index (χ4n) is 3.81. The number of benzene rings is 1. The molecule has 130 valence electrons. The van der Waals surface area contributed by atoms with Crippen LogP contribution in [0.5, 0.6) is 0 Å². The van der Waals surface area contributed by atoms with E-state index in [1.165, 1.54) is 0 Å². The Labute approximate surface area is 148 Å². The SMILES string of the molecule is CC1=C(c2ccccc2)C1C(=O)Nc1ccnn1C1CCN(C)CC1. The summed E-state index contributed by atoms with van der Waals surface area (Å²) in [6.45, 7) is 4.18. The van der Waals surface area contributed by atoms with E-state index in [0.29, 0.717) is 6.04 Å². The van der Waals surface area contributed by atoms with Gasteiger partial charge in [-0.15, -0.1) is 0 Å². The van der Waals surface area contributed by atoms with Crippen molar-refractivity contribution in [3.8, 4) is 0 Å². The highest BCUT2D eigenvalue weighted by molar-refractivity contribution is 6.10. The van der Waals surface area contributed by atoms with Crippen molar-refractivity contribution in [2.45, 2.75) is 25.8 Å². The second-order valence-corrected chi connectivity index (χ2v) is 7.08. The van der Waals surface area contributed by atoms with Gasteiger partial charge in [0.15, 0.2) is 0 Å². The summed E-state index contributed by atoms with van der Waals surface area (Å²) in [6, 6.07) is 12.4. The Kier molecular flexibility index (Phi) is 4.17. The summed E-state index contributed by atoms with van der Waals surface area (Å²) in [4.78, 5) is 15.1. The lowest BCUT2D eigenvalue weighted by Gasteiger charge is -2.30. The number of carbonyl (C=O) groups is 1. The van der Waals surface area contributed by atoms with Crippen molar-refractivity contribution in [3.63, 3.8) is 0 Å². The Morgan fingerprint density at radius 3 is 2.60 bits per heavy atom. The molecule has 2 aromatic rings. The number of piperidine rings is 1. The molecule has 1 N–H and O–H groups in total. The molecule has 1 aliphatic carbocycles. The summed E-state index contributed by atoms with van der Waals surface area (Å²) in [5.41, 5.74) is 3.46. The van der Waals surface area contributed by atoms with E-state index in [4.69, 9.17) is 0 Å². The molecule has 2 heterocycles. The van der Waals surface area contributed by atoms with Crippen LogP contribution in [-0.4, -0.2) is 40.7 Å². The molecule has 25 heavy (non-hydrogen) atoms. The van der Waals surface area contributed by atoms with Crippen LogP contribution in [0.3, 0.4) is 0 Å². The number of nitrogens with zero attached hydrogens (tertiary/aromatic N) is 3. The second-order valence-electron chi connectivity index (χ2n) is 7.08. The summed E-state index contributed by atoms with van der Waals surface area (Å²) >= 11 is 0. The third-order valence-corrected chi connectivity index (χ3v) is 5.37. The number of amides is 1. The maximum Gasteiger partial charge on any atom is 0.237 e. The van der Waals surface area contributed by atoms with E-state index in [9.17, 15) is 4.79 Å². The molecule has 0 saturated carbocycles. The molecule has 1 aliphatic heterocycles. The van der Waals surface area contributed by atoms with Gasteiger partial charge in [0.1, 0.15) is 5.82 Å². The Morgan fingerprint density at radius 1 is 1.16 bits per heavy atom. The molecule has 1 aromatic heterocycles. The highest BCUT2D eigenvalue weighted by atomic mass is 16.2. The molecule has 1 saturated heterocycles. The van der Waals surface area contributed by atoms with E-state index >= 15 is 0 Å². The number of hydrogen-bond donors (Lipinski definition) is 1. The monoisotopic (exact) mass is 336 g/mol. The molecule has 2 aliphatic rings. The minimum absolute atomic E-state index is 0.0473. The first-order valence-corrected chi connectivity index (χ1v) is 8.94. The van der Waals surface area contributed by atoms with E-state index < -0.39 is 0 Å². The molecule has 4 rings (SSSR count). The van der Waals surface area contributed by atoms with Crippen LogP contribution in [-0.2, 0) is 4.79 Å². The molecule has 1 aromatic carbocycles. The highest BCUT2D eigenvalue weighted by Gasteiger charge is 2.40. The lowest BCUT2D eigenvalue weighted by atomic mass is 10.1. The van der Waals surface area contributed by atoms with Gasteiger partial charge < -0.3 is 10.2 Å². The van der Waals surface area contributed by atoms with Gasteiger partial charge in [0.05, 0.1) is 18.2 Å². The predicted octanol–water partition coefficient (Wildman–Crippen LogP) is 3.19. The maximum absolute atomic E-state index is 12.8. The number of likely N-dealkylation sites (tertiary alicyclic amines) is 1.